The summed E-state index contributed by atoms with van der Waals surface area (Å²) in [5.41, 5.74) is 0.904. The van der Waals surface area contributed by atoms with Gasteiger partial charge >= 0.3 is 11.4 Å². The van der Waals surface area contributed by atoms with E-state index in [1.165, 1.54) is 7.05 Å². The van der Waals surface area contributed by atoms with Crippen molar-refractivity contribution in [2.24, 2.45) is 0 Å². The van der Waals surface area contributed by atoms with Crippen molar-refractivity contribution in [2.75, 3.05) is 12.1 Å². The Hall–Kier alpha value is -0.980. The van der Waals surface area contributed by atoms with Gasteiger partial charge in [0.15, 0.2) is 5.82 Å². The standard InChI is InChI=1S/C8H12N2O3S/c1-3-7-5-4-6-8(9-7)10(2)13-14(11)12/h4-6H,3H2,1-2H3,(H,11,12). The van der Waals surface area contributed by atoms with E-state index in [1.807, 2.05) is 19.1 Å². The maximum absolute atomic E-state index is 10.4. The van der Waals surface area contributed by atoms with Gasteiger partial charge in [0.05, 0.1) is 0 Å². The second-order valence-electron chi connectivity index (χ2n) is 2.63. The largest absolute Gasteiger partial charge is 0.325 e. The molecule has 1 aromatic rings. The smallest absolute Gasteiger partial charge is 0.282 e. The van der Waals surface area contributed by atoms with Crippen molar-refractivity contribution in [3.63, 3.8) is 0 Å². The Bertz CT molecular complexity index is 332. The van der Waals surface area contributed by atoms with Gasteiger partial charge in [0, 0.05) is 12.7 Å². The molecule has 0 spiro atoms. The Kier molecular flexibility index (Phi) is 3.99. The molecule has 0 aliphatic carbocycles. The molecule has 0 bridgehead atoms. The Morgan fingerprint density at radius 1 is 1.64 bits per heavy atom. The van der Waals surface area contributed by atoms with Crippen LogP contribution < -0.4 is 5.06 Å². The van der Waals surface area contributed by atoms with Crippen LogP contribution >= 0.6 is 0 Å². The number of hydrogen-bond donors (Lipinski definition) is 1. The number of aryl methyl sites for hydroxylation is 1. The molecule has 1 aromatic heterocycles. The van der Waals surface area contributed by atoms with Crippen LogP contribution in [-0.2, 0) is 22.1 Å². The Labute approximate surface area is 85.2 Å². The first-order valence-electron chi connectivity index (χ1n) is 4.12. The van der Waals surface area contributed by atoms with Crippen LogP contribution in [-0.4, -0.2) is 20.8 Å². The predicted octanol–water partition coefficient (Wildman–Crippen LogP) is 1.15. The summed E-state index contributed by atoms with van der Waals surface area (Å²) >= 11 is -2.32. The first kappa shape index (κ1) is 11.1. The summed E-state index contributed by atoms with van der Waals surface area (Å²) in [7, 11) is 1.52. The lowest BCUT2D eigenvalue weighted by atomic mass is 10.3. The van der Waals surface area contributed by atoms with Gasteiger partial charge in [-0.2, -0.15) is 4.21 Å². The molecule has 1 heterocycles. The van der Waals surface area contributed by atoms with Gasteiger partial charge in [-0.15, -0.1) is 4.28 Å². The van der Waals surface area contributed by atoms with E-state index < -0.39 is 11.4 Å². The van der Waals surface area contributed by atoms with Gasteiger partial charge in [0.2, 0.25) is 0 Å². The van der Waals surface area contributed by atoms with E-state index in [-0.39, 0.29) is 0 Å². The number of hydrogen-bond acceptors (Lipinski definition) is 4. The first-order chi connectivity index (χ1) is 6.63. The highest BCUT2D eigenvalue weighted by Gasteiger charge is 2.06. The van der Waals surface area contributed by atoms with Crippen molar-refractivity contribution in [3.8, 4) is 0 Å². The van der Waals surface area contributed by atoms with Crippen molar-refractivity contribution in [3.05, 3.63) is 23.9 Å². The molecule has 1 N–H and O–H groups in total. The zero-order chi connectivity index (χ0) is 10.6. The lowest BCUT2D eigenvalue weighted by molar-refractivity contribution is 0.292. The number of rotatable bonds is 4. The lowest BCUT2D eigenvalue weighted by Gasteiger charge is -2.14. The molecule has 78 valence electrons. The quantitative estimate of drug-likeness (QED) is 0.604. The van der Waals surface area contributed by atoms with Crippen molar-refractivity contribution >= 4 is 17.2 Å². The van der Waals surface area contributed by atoms with Crippen LogP contribution in [0.1, 0.15) is 12.6 Å². The van der Waals surface area contributed by atoms with E-state index in [2.05, 4.69) is 9.27 Å². The normalized spacial score (nSPS) is 12.5. The number of hydroxylamine groups is 1. The van der Waals surface area contributed by atoms with Gasteiger partial charge in [-0.25, -0.2) is 10.0 Å². The molecule has 1 atom stereocenters. The summed E-state index contributed by atoms with van der Waals surface area (Å²) in [6, 6.07) is 5.40. The lowest BCUT2D eigenvalue weighted by Crippen LogP contribution is -2.20. The van der Waals surface area contributed by atoms with Crippen LogP contribution in [0.5, 0.6) is 0 Å². The zero-order valence-electron chi connectivity index (χ0n) is 8.01. The Morgan fingerprint density at radius 2 is 2.36 bits per heavy atom. The third-order valence-electron chi connectivity index (χ3n) is 1.65. The third kappa shape index (κ3) is 3.06. The van der Waals surface area contributed by atoms with E-state index in [0.29, 0.717) is 5.82 Å². The van der Waals surface area contributed by atoms with Crippen LogP contribution in [0.15, 0.2) is 18.2 Å². The average molecular weight is 216 g/mol. The van der Waals surface area contributed by atoms with Crippen molar-refractivity contribution in [1.82, 2.24) is 4.98 Å². The molecule has 0 saturated carbocycles. The van der Waals surface area contributed by atoms with E-state index in [9.17, 15) is 4.21 Å². The van der Waals surface area contributed by atoms with Gasteiger partial charge in [-0.05, 0) is 18.6 Å². The van der Waals surface area contributed by atoms with Crippen LogP contribution in [0.2, 0.25) is 0 Å². The fraction of sp³-hybridized carbons (Fsp3) is 0.375. The Balaban J connectivity index is 2.78. The fourth-order valence-corrected chi connectivity index (χ4v) is 1.24. The topological polar surface area (TPSA) is 62.7 Å². The molecule has 6 heteroatoms. The summed E-state index contributed by atoms with van der Waals surface area (Å²) in [5.74, 6) is 0.506. The highest BCUT2D eigenvalue weighted by molar-refractivity contribution is 7.74. The van der Waals surface area contributed by atoms with Crippen LogP contribution in [0.25, 0.3) is 0 Å². The minimum absolute atomic E-state index is 0.506. The molecule has 1 unspecified atom stereocenters. The van der Waals surface area contributed by atoms with Gasteiger partial charge in [0.1, 0.15) is 0 Å². The van der Waals surface area contributed by atoms with Crippen LogP contribution in [0.4, 0.5) is 5.82 Å². The fourth-order valence-electron chi connectivity index (χ4n) is 0.973. The predicted molar refractivity (Wildman–Crippen MR) is 53.9 cm³/mol. The Morgan fingerprint density at radius 3 is 2.93 bits per heavy atom. The maximum Gasteiger partial charge on any atom is 0.325 e. The third-order valence-corrected chi connectivity index (χ3v) is 2.00. The summed E-state index contributed by atoms with van der Waals surface area (Å²) in [4.78, 5) is 4.20. The van der Waals surface area contributed by atoms with Gasteiger partial charge in [-0.3, -0.25) is 4.55 Å². The zero-order valence-corrected chi connectivity index (χ0v) is 8.82. The van der Waals surface area contributed by atoms with E-state index >= 15 is 0 Å². The minimum Gasteiger partial charge on any atom is -0.282 e. The molecule has 0 radical (unpaired) electrons. The molecule has 0 aromatic carbocycles. The van der Waals surface area contributed by atoms with E-state index in [0.717, 1.165) is 17.2 Å². The molecule has 1 rings (SSSR count). The molecular weight excluding hydrogens is 204 g/mol. The minimum atomic E-state index is -2.32. The monoisotopic (exact) mass is 216 g/mol. The summed E-state index contributed by atoms with van der Waals surface area (Å²) in [6.07, 6.45) is 0.809. The van der Waals surface area contributed by atoms with Crippen molar-refractivity contribution < 1.29 is 13.0 Å². The molecule has 0 saturated heterocycles. The maximum atomic E-state index is 10.4. The van der Waals surface area contributed by atoms with Crippen molar-refractivity contribution in [2.45, 2.75) is 13.3 Å². The average Bonchev–Trinajstić information content (AvgIpc) is 2.17. The molecule has 0 fully saturated rings. The van der Waals surface area contributed by atoms with Crippen LogP contribution in [0.3, 0.4) is 0 Å². The molecule has 0 aliphatic rings. The number of nitrogens with zero attached hydrogens (tertiary/aromatic N) is 2. The molecule has 0 amide bonds. The number of aromatic nitrogens is 1. The molecule has 14 heavy (non-hydrogen) atoms. The number of pyridine rings is 1. The summed E-state index contributed by atoms with van der Waals surface area (Å²) < 4.78 is 23.4. The second-order valence-corrected chi connectivity index (χ2v) is 3.21. The highest BCUT2D eigenvalue weighted by atomic mass is 32.2. The molecular formula is C8H12N2O3S. The van der Waals surface area contributed by atoms with Crippen LogP contribution in [0, 0.1) is 0 Å². The second kappa shape index (κ2) is 5.04. The first-order valence-corrected chi connectivity index (χ1v) is 5.15. The van der Waals surface area contributed by atoms with Crippen molar-refractivity contribution in [1.29, 1.82) is 0 Å². The summed E-state index contributed by atoms with van der Waals surface area (Å²) in [5, 5.41) is 1.16. The van der Waals surface area contributed by atoms with Gasteiger partial charge in [0.25, 0.3) is 0 Å². The van der Waals surface area contributed by atoms with E-state index in [4.69, 9.17) is 4.55 Å². The molecule has 5 nitrogen and oxygen atoms in total. The van der Waals surface area contributed by atoms with Gasteiger partial charge < -0.3 is 0 Å². The van der Waals surface area contributed by atoms with E-state index in [1.54, 1.807) is 6.07 Å². The van der Waals surface area contributed by atoms with Gasteiger partial charge in [-0.1, -0.05) is 13.0 Å². The molecule has 0 aliphatic heterocycles. The highest BCUT2D eigenvalue weighted by Crippen LogP contribution is 2.10. The number of anilines is 1. The summed E-state index contributed by atoms with van der Waals surface area (Å²) in [6.45, 7) is 1.98. The SMILES string of the molecule is CCc1cccc(N(C)OS(=O)O)n1.